The number of nitrogens with zero attached hydrogens (tertiary/aromatic N) is 1. The number of rotatable bonds is 3. The summed E-state index contributed by atoms with van der Waals surface area (Å²) < 4.78 is 0. The minimum atomic E-state index is 0.292. The number of thioether (sulfide) groups is 1. The molecule has 4 heteroatoms. The van der Waals surface area contributed by atoms with Crippen LogP contribution in [-0.2, 0) is 4.79 Å². The van der Waals surface area contributed by atoms with Crippen LogP contribution < -0.4 is 5.73 Å². The predicted molar refractivity (Wildman–Crippen MR) is 88.3 cm³/mol. The molecule has 1 aromatic carbocycles. The van der Waals surface area contributed by atoms with E-state index >= 15 is 0 Å². The van der Waals surface area contributed by atoms with Gasteiger partial charge in [-0.3, -0.25) is 4.79 Å². The van der Waals surface area contributed by atoms with Crippen molar-refractivity contribution >= 4 is 23.4 Å². The minimum absolute atomic E-state index is 0.292. The molecule has 3 nitrogen and oxygen atoms in total. The van der Waals surface area contributed by atoms with E-state index in [-0.39, 0.29) is 0 Å². The summed E-state index contributed by atoms with van der Waals surface area (Å²) in [5.74, 6) is 1.56. The summed E-state index contributed by atoms with van der Waals surface area (Å²) in [6.45, 7) is 0.949. The van der Waals surface area contributed by atoms with Gasteiger partial charge in [-0.25, -0.2) is 0 Å². The normalized spacial score (nSPS) is 25.4. The Hall–Kier alpha value is -1.16. The summed E-state index contributed by atoms with van der Waals surface area (Å²) in [5.41, 5.74) is 6.71. The van der Waals surface area contributed by atoms with E-state index in [1.54, 1.807) is 11.8 Å². The van der Waals surface area contributed by atoms with E-state index in [4.69, 9.17) is 5.73 Å². The number of hydrogen-bond donors (Lipinski definition) is 1. The zero-order valence-corrected chi connectivity index (χ0v) is 13.3. The number of piperidine rings is 1. The highest BCUT2D eigenvalue weighted by molar-refractivity contribution is 8.00. The highest BCUT2D eigenvalue weighted by atomic mass is 32.2. The predicted octanol–water partition coefficient (Wildman–Crippen LogP) is 3.54. The van der Waals surface area contributed by atoms with Crippen LogP contribution in [0.3, 0.4) is 0 Å². The van der Waals surface area contributed by atoms with Crippen LogP contribution in [0.25, 0.3) is 0 Å². The molecule has 0 aromatic heterocycles. The van der Waals surface area contributed by atoms with Crippen LogP contribution >= 0.6 is 11.8 Å². The van der Waals surface area contributed by atoms with Gasteiger partial charge in [-0.15, -0.1) is 11.8 Å². The van der Waals surface area contributed by atoms with Gasteiger partial charge in [-0.2, -0.15) is 0 Å². The number of hydrogen-bond acceptors (Lipinski definition) is 3. The van der Waals surface area contributed by atoms with Gasteiger partial charge in [-0.1, -0.05) is 25.0 Å². The van der Waals surface area contributed by atoms with Crippen LogP contribution in [-0.4, -0.2) is 29.1 Å². The Bertz CT molecular complexity index is 503. The van der Waals surface area contributed by atoms with E-state index in [0.717, 1.165) is 23.0 Å². The monoisotopic (exact) mass is 304 g/mol. The van der Waals surface area contributed by atoms with E-state index in [1.165, 1.54) is 38.5 Å². The van der Waals surface area contributed by atoms with Crippen LogP contribution in [0.15, 0.2) is 29.2 Å². The smallest absolute Gasteiger partial charge is 0.233 e. The number of likely N-dealkylation sites (tertiary alicyclic amines) is 1. The van der Waals surface area contributed by atoms with Crippen LogP contribution in [0.2, 0.25) is 0 Å². The third kappa shape index (κ3) is 3.37. The molecule has 114 valence electrons. The van der Waals surface area contributed by atoms with Gasteiger partial charge in [0.2, 0.25) is 5.91 Å². The maximum atomic E-state index is 12.6. The number of fused-ring (bicyclic) bond motifs is 1. The van der Waals surface area contributed by atoms with E-state index in [1.807, 2.05) is 24.3 Å². The van der Waals surface area contributed by atoms with Crippen molar-refractivity contribution in [2.45, 2.75) is 49.5 Å². The minimum Gasteiger partial charge on any atom is -0.398 e. The quantitative estimate of drug-likeness (QED) is 0.686. The molecule has 1 amide bonds. The third-order valence-corrected chi connectivity index (χ3v) is 5.91. The average Bonchev–Trinajstić information content (AvgIpc) is 2.53. The van der Waals surface area contributed by atoms with Crippen molar-refractivity contribution in [3.8, 4) is 0 Å². The number of nitrogen functional groups attached to an aromatic ring is 1. The lowest BCUT2D eigenvalue weighted by Gasteiger charge is -2.44. The van der Waals surface area contributed by atoms with Crippen molar-refractivity contribution in [2.75, 3.05) is 18.0 Å². The van der Waals surface area contributed by atoms with Gasteiger partial charge in [0.1, 0.15) is 0 Å². The summed E-state index contributed by atoms with van der Waals surface area (Å²) >= 11 is 1.57. The molecule has 0 spiro atoms. The largest absolute Gasteiger partial charge is 0.398 e. The van der Waals surface area contributed by atoms with Crippen molar-refractivity contribution in [3.63, 3.8) is 0 Å². The molecular formula is C17H24N2OS. The van der Waals surface area contributed by atoms with Crippen molar-refractivity contribution in [1.29, 1.82) is 0 Å². The summed E-state index contributed by atoms with van der Waals surface area (Å²) in [5, 5.41) is 0. The van der Waals surface area contributed by atoms with Crippen LogP contribution in [0.4, 0.5) is 5.69 Å². The van der Waals surface area contributed by atoms with Crippen LogP contribution in [0.1, 0.15) is 38.5 Å². The molecule has 2 fully saturated rings. The first kappa shape index (κ1) is 14.8. The first-order valence-corrected chi connectivity index (χ1v) is 9.01. The number of anilines is 1. The number of carbonyl (C=O) groups excluding carboxylic acids is 1. The molecule has 2 aliphatic rings. The first-order chi connectivity index (χ1) is 10.3. The van der Waals surface area contributed by atoms with Crippen LogP contribution in [0, 0.1) is 5.92 Å². The van der Waals surface area contributed by atoms with E-state index in [9.17, 15) is 4.79 Å². The van der Waals surface area contributed by atoms with Gasteiger partial charge in [0.05, 0.1) is 5.75 Å². The maximum Gasteiger partial charge on any atom is 0.233 e. The number of para-hydroxylation sites is 1. The average molecular weight is 304 g/mol. The fraction of sp³-hybridized carbons (Fsp3) is 0.588. The molecule has 3 rings (SSSR count). The molecule has 1 aliphatic heterocycles. The Morgan fingerprint density at radius 1 is 1.19 bits per heavy atom. The highest BCUT2D eigenvalue weighted by Crippen LogP contribution is 2.36. The first-order valence-electron chi connectivity index (χ1n) is 8.02. The molecule has 0 radical (unpaired) electrons. The molecule has 2 atom stereocenters. The Kier molecular flexibility index (Phi) is 4.73. The number of benzene rings is 1. The summed E-state index contributed by atoms with van der Waals surface area (Å²) in [6, 6.07) is 8.30. The molecule has 1 aromatic rings. The second-order valence-corrected chi connectivity index (χ2v) is 7.18. The molecule has 1 aliphatic carbocycles. The van der Waals surface area contributed by atoms with Gasteiger partial charge in [0.15, 0.2) is 0 Å². The van der Waals surface area contributed by atoms with Crippen molar-refractivity contribution in [3.05, 3.63) is 24.3 Å². The SMILES string of the molecule is Nc1ccccc1SCC(=O)N1CCCC2CCCCC21. The lowest BCUT2D eigenvalue weighted by Crippen LogP contribution is -2.50. The van der Waals surface area contributed by atoms with Gasteiger partial charge < -0.3 is 10.6 Å². The van der Waals surface area contributed by atoms with Gasteiger partial charge in [-0.05, 0) is 43.7 Å². The summed E-state index contributed by atoms with van der Waals surface area (Å²) in [4.78, 5) is 15.8. The third-order valence-electron chi connectivity index (χ3n) is 4.83. The zero-order valence-electron chi connectivity index (χ0n) is 12.5. The van der Waals surface area contributed by atoms with E-state index in [0.29, 0.717) is 17.7 Å². The molecule has 0 bridgehead atoms. The lowest BCUT2D eigenvalue weighted by molar-refractivity contribution is -0.134. The Labute approximate surface area is 131 Å². The standard InChI is InChI=1S/C17H24N2OS/c18-14-8-2-4-10-16(14)21-12-17(20)19-11-5-7-13-6-1-3-9-15(13)19/h2,4,8,10,13,15H,1,3,5-7,9,11-12,18H2. The zero-order chi connectivity index (χ0) is 14.7. The Morgan fingerprint density at radius 2 is 1.95 bits per heavy atom. The summed E-state index contributed by atoms with van der Waals surface area (Å²) in [7, 11) is 0. The molecule has 1 saturated carbocycles. The number of nitrogens with two attached hydrogens (primary N) is 1. The topological polar surface area (TPSA) is 46.3 Å². The summed E-state index contributed by atoms with van der Waals surface area (Å²) in [6.07, 6.45) is 7.63. The molecular weight excluding hydrogens is 280 g/mol. The van der Waals surface area contributed by atoms with Crippen LogP contribution in [0.5, 0.6) is 0 Å². The Morgan fingerprint density at radius 3 is 2.81 bits per heavy atom. The van der Waals surface area contributed by atoms with Gasteiger partial charge in [0.25, 0.3) is 0 Å². The second kappa shape index (κ2) is 6.73. The number of carbonyl (C=O) groups is 1. The molecule has 2 N–H and O–H groups in total. The molecule has 1 heterocycles. The lowest BCUT2D eigenvalue weighted by atomic mass is 9.78. The molecule has 2 unspecified atom stereocenters. The Balaban J connectivity index is 1.60. The second-order valence-electron chi connectivity index (χ2n) is 6.17. The van der Waals surface area contributed by atoms with E-state index < -0.39 is 0 Å². The molecule has 21 heavy (non-hydrogen) atoms. The van der Waals surface area contributed by atoms with Crippen molar-refractivity contribution in [2.24, 2.45) is 5.92 Å². The fourth-order valence-electron chi connectivity index (χ4n) is 3.77. The molecule has 1 saturated heterocycles. The number of amides is 1. The van der Waals surface area contributed by atoms with Crippen molar-refractivity contribution < 1.29 is 4.79 Å². The van der Waals surface area contributed by atoms with E-state index in [2.05, 4.69) is 4.90 Å². The van der Waals surface area contributed by atoms with Gasteiger partial charge in [0, 0.05) is 23.2 Å². The van der Waals surface area contributed by atoms with Gasteiger partial charge >= 0.3 is 0 Å². The fourth-order valence-corrected chi connectivity index (χ4v) is 4.62. The maximum absolute atomic E-state index is 12.6. The highest BCUT2D eigenvalue weighted by Gasteiger charge is 2.35. The van der Waals surface area contributed by atoms with Crippen molar-refractivity contribution in [1.82, 2.24) is 4.90 Å².